The van der Waals surface area contributed by atoms with E-state index in [1.54, 1.807) is 0 Å². The van der Waals surface area contributed by atoms with Crippen molar-refractivity contribution < 1.29 is 29.3 Å². The van der Waals surface area contributed by atoms with Crippen LogP contribution in [0.2, 0.25) is 0 Å². The summed E-state index contributed by atoms with van der Waals surface area (Å²) in [5.41, 5.74) is 2.46. The molecule has 1 amide bonds. The highest BCUT2D eigenvalue weighted by atomic mass is 16.7. The number of carbonyl (C=O) groups is 3. The number of nitrogens with zero attached hydrogens (tertiary/aromatic N) is 2. The lowest BCUT2D eigenvalue weighted by atomic mass is 9.84. The monoisotopic (exact) mass is 349 g/mol. The first kappa shape index (κ1) is 16.8. The molecule has 2 heterocycles. The van der Waals surface area contributed by atoms with Crippen molar-refractivity contribution >= 4 is 29.0 Å². The van der Waals surface area contributed by atoms with Gasteiger partial charge in [0, 0.05) is 18.6 Å². The van der Waals surface area contributed by atoms with Gasteiger partial charge in [0.15, 0.2) is 11.8 Å². The molecule has 4 atom stereocenters. The molecule has 3 rings (SSSR count). The van der Waals surface area contributed by atoms with Crippen molar-refractivity contribution in [2.75, 3.05) is 5.48 Å². The number of rotatable bonds is 5. The number of non-ortho nitro benzene ring substituents is 1. The Morgan fingerprint density at radius 3 is 2.60 bits per heavy atom. The van der Waals surface area contributed by atoms with Gasteiger partial charge >= 0.3 is 5.97 Å². The van der Waals surface area contributed by atoms with E-state index in [0.717, 1.165) is 4.90 Å². The van der Waals surface area contributed by atoms with E-state index >= 15 is 0 Å². The first-order valence-corrected chi connectivity index (χ1v) is 7.55. The van der Waals surface area contributed by atoms with Gasteiger partial charge in [-0.2, -0.15) is 0 Å². The van der Waals surface area contributed by atoms with Gasteiger partial charge in [0.05, 0.1) is 28.7 Å². The van der Waals surface area contributed by atoms with Gasteiger partial charge in [0.25, 0.3) is 5.69 Å². The highest BCUT2D eigenvalue weighted by molar-refractivity contribution is 6.11. The van der Waals surface area contributed by atoms with Crippen LogP contribution in [0.25, 0.3) is 0 Å². The van der Waals surface area contributed by atoms with Crippen molar-refractivity contribution in [3.8, 4) is 0 Å². The van der Waals surface area contributed by atoms with Gasteiger partial charge < -0.3 is 14.8 Å². The summed E-state index contributed by atoms with van der Waals surface area (Å²) in [7, 11) is 0. The molecular weight excluding hydrogens is 334 g/mol. The van der Waals surface area contributed by atoms with E-state index in [0.29, 0.717) is 0 Å². The normalized spacial score (nSPS) is 25.8. The van der Waals surface area contributed by atoms with Crippen LogP contribution < -0.4 is 5.48 Å². The number of nitro groups is 1. The van der Waals surface area contributed by atoms with E-state index < -0.39 is 46.7 Å². The lowest BCUT2D eigenvalue weighted by molar-refractivity contribution is -0.384. The first-order valence-electron chi connectivity index (χ1n) is 7.55. The third kappa shape index (κ3) is 2.80. The fraction of sp³-hybridized carbons (Fsp3) is 0.400. The SMILES string of the molecule is C[C@@H](O)[C@H]1C(=O)N2[C@@H](C(=O)ONc3ccc([N+](=O)[O-])cc3)C(=O)C[C@H]12. The predicted octanol–water partition coefficient (Wildman–Crippen LogP) is 0.0141. The van der Waals surface area contributed by atoms with Crippen molar-refractivity contribution in [2.45, 2.75) is 31.5 Å². The topological polar surface area (TPSA) is 139 Å². The number of hydrogen-bond acceptors (Lipinski definition) is 8. The molecule has 1 aromatic carbocycles. The van der Waals surface area contributed by atoms with Crippen molar-refractivity contribution in [3.05, 3.63) is 34.4 Å². The van der Waals surface area contributed by atoms with Crippen molar-refractivity contribution in [1.29, 1.82) is 0 Å². The van der Waals surface area contributed by atoms with Crippen LogP contribution in [-0.4, -0.2) is 50.8 Å². The summed E-state index contributed by atoms with van der Waals surface area (Å²) >= 11 is 0. The highest BCUT2D eigenvalue weighted by Crippen LogP contribution is 2.39. The smallest absolute Gasteiger partial charge is 0.362 e. The number of hydrogen-bond donors (Lipinski definition) is 2. The molecule has 25 heavy (non-hydrogen) atoms. The Balaban J connectivity index is 1.63. The van der Waals surface area contributed by atoms with E-state index in [1.165, 1.54) is 31.2 Å². The summed E-state index contributed by atoms with van der Waals surface area (Å²) < 4.78 is 0. The molecule has 0 spiro atoms. The van der Waals surface area contributed by atoms with Crippen LogP contribution in [0, 0.1) is 16.0 Å². The van der Waals surface area contributed by atoms with E-state index in [4.69, 9.17) is 4.84 Å². The Labute approximate surface area is 141 Å². The molecule has 0 aromatic heterocycles. The standard InChI is InChI=1S/C15H15N3O7/c1-7(19)12-10-6-11(20)13(17(10)14(12)21)15(22)25-16-8-2-4-9(5-3-8)18(23)24/h2-5,7,10,12-13,16,19H,6H2,1H3/t7-,10-,12-,13-/m1/s1. The fourth-order valence-corrected chi connectivity index (χ4v) is 3.20. The van der Waals surface area contributed by atoms with Gasteiger partial charge in [-0.15, -0.1) is 0 Å². The molecule has 2 saturated heterocycles. The van der Waals surface area contributed by atoms with Crippen LogP contribution in [0.3, 0.4) is 0 Å². The van der Waals surface area contributed by atoms with E-state index in [9.17, 15) is 29.6 Å². The van der Waals surface area contributed by atoms with Gasteiger partial charge in [-0.25, -0.2) is 10.3 Å². The van der Waals surface area contributed by atoms with Crippen molar-refractivity contribution in [2.24, 2.45) is 5.92 Å². The minimum absolute atomic E-state index is 0.00138. The predicted molar refractivity (Wildman–Crippen MR) is 82.0 cm³/mol. The molecule has 0 aliphatic carbocycles. The van der Waals surface area contributed by atoms with E-state index in [-0.39, 0.29) is 17.8 Å². The van der Waals surface area contributed by atoms with Gasteiger partial charge in [-0.1, -0.05) is 0 Å². The number of aliphatic hydroxyl groups excluding tert-OH is 1. The number of nitrogens with one attached hydrogen (secondary N) is 1. The Morgan fingerprint density at radius 2 is 2.04 bits per heavy atom. The maximum atomic E-state index is 12.1. The number of anilines is 1. The number of amides is 1. The lowest BCUT2D eigenvalue weighted by Gasteiger charge is -2.45. The first-order chi connectivity index (χ1) is 11.8. The average Bonchev–Trinajstić information content (AvgIpc) is 2.85. The molecule has 1 aromatic rings. The van der Waals surface area contributed by atoms with Crippen molar-refractivity contribution in [3.63, 3.8) is 0 Å². The number of carbonyl (C=O) groups excluding carboxylic acids is 3. The zero-order valence-corrected chi connectivity index (χ0v) is 13.1. The second kappa shape index (κ2) is 6.13. The van der Waals surface area contributed by atoms with Crippen LogP contribution in [0.15, 0.2) is 24.3 Å². The zero-order chi connectivity index (χ0) is 18.3. The molecule has 0 unspecified atom stereocenters. The average molecular weight is 349 g/mol. The van der Waals surface area contributed by atoms with E-state index in [1.807, 2.05) is 0 Å². The quantitative estimate of drug-likeness (QED) is 0.328. The molecule has 132 valence electrons. The maximum Gasteiger partial charge on any atom is 0.362 e. The van der Waals surface area contributed by atoms with Gasteiger partial charge in [0.1, 0.15) is 0 Å². The second-order valence-corrected chi connectivity index (χ2v) is 5.98. The number of Topliss-reactive ketones (excluding diaryl/α,β-unsaturated/α-hetero) is 1. The van der Waals surface area contributed by atoms with Crippen LogP contribution in [0.1, 0.15) is 13.3 Å². The zero-order valence-electron chi connectivity index (χ0n) is 13.1. The third-order valence-electron chi connectivity index (χ3n) is 4.40. The van der Waals surface area contributed by atoms with Crippen LogP contribution in [0.4, 0.5) is 11.4 Å². The summed E-state index contributed by atoms with van der Waals surface area (Å²) in [6, 6.07) is 3.29. The summed E-state index contributed by atoms with van der Waals surface area (Å²) in [5.74, 6) is -2.52. The molecule has 0 bridgehead atoms. The molecule has 2 fully saturated rings. The number of ketones is 1. The fourth-order valence-electron chi connectivity index (χ4n) is 3.20. The number of benzene rings is 1. The molecular formula is C15H15N3O7. The molecule has 0 radical (unpaired) electrons. The number of aliphatic hydroxyl groups is 1. The minimum atomic E-state index is -1.34. The number of nitro benzene ring substituents is 1. The van der Waals surface area contributed by atoms with E-state index in [2.05, 4.69) is 5.48 Å². The largest absolute Gasteiger partial charge is 0.393 e. The highest BCUT2D eigenvalue weighted by Gasteiger charge is 2.61. The Morgan fingerprint density at radius 1 is 1.40 bits per heavy atom. The third-order valence-corrected chi connectivity index (χ3v) is 4.40. The molecule has 2 aliphatic heterocycles. The summed E-state index contributed by atoms with van der Waals surface area (Å²) in [6.45, 7) is 1.46. The number of fused-ring (bicyclic) bond motifs is 1. The van der Waals surface area contributed by atoms with Crippen molar-refractivity contribution in [1.82, 2.24) is 4.90 Å². The molecule has 0 saturated carbocycles. The van der Waals surface area contributed by atoms with Gasteiger partial charge in [-0.3, -0.25) is 19.7 Å². The number of β-lactam (4-membered cyclic amide) rings is 1. The second-order valence-electron chi connectivity index (χ2n) is 5.98. The molecule has 2 aliphatic rings. The summed E-state index contributed by atoms with van der Waals surface area (Å²) in [5, 5.41) is 20.2. The van der Waals surface area contributed by atoms with Gasteiger partial charge in [-0.05, 0) is 19.1 Å². The Bertz CT molecular complexity index is 746. The summed E-state index contributed by atoms with van der Waals surface area (Å²) in [6.07, 6.45) is -0.895. The maximum absolute atomic E-state index is 12.1. The Kier molecular flexibility index (Phi) is 4.13. The lowest BCUT2D eigenvalue weighted by Crippen LogP contribution is -2.65. The Hall–Kier alpha value is -3.01. The molecule has 10 nitrogen and oxygen atoms in total. The van der Waals surface area contributed by atoms with Crippen LogP contribution >= 0.6 is 0 Å². The van der Waals surface area contributed by atoms with Crippen LogP contribution in [0.5, 0.6) is 0 Å². The van der Waals surface area contributed by atoms with Gasteiger partial charge in [0.2, 0.25) is 5.91 Å². The van der Waals surface area contributed by atoms with Crippen LogP contribution in [-0.2, 0) is 19.2 Å². The molecule has 10 heteroatoms. The minimum Gasteiger partial charge on any atom is -0.393 e. The molecule has 2 N–H and O–H groups in total. The summed E-state index contributed by atoms with van der Waals surface area (Å²) in [4.78, 5) is 52.2.